The Morgan fingerprint density at radius 2 is 2.39 bits per heavy atom. The molecule has 0 radical (unpaired) electrons. The van der Waals surface area contributed by atoms with Crippen molar-refractivity contribution in [3.63, 3.8) is 0 Å². The minimum atomic E-state index is -1.67. The fourth-order valence-corrected chi connectivity index (χ4v) is 3.10. The summed E-state index contributed by atoms with van der Waals surface area (Å²) in [5.74, 6) is -3.17. The molecule has 0 aromatic heterocycles. The van der Waals surface area contributed by atoms with Crippen LogP contribution in [-0.2, 0) is 14.3 Å². The Hall–Kier alpha value is -1.86. The first-order valence-corrected chi connectivity index (χ1v) is 5.37. The summed E-state index contributed by atoms with van der Waals surface area (Å²) in [6, 6.07) is 0. The lowest BCUT2D eigenvalue weighted by atomic mass is 9.62. The van der Waals surface area contributed by atoms with Crippen LogP contribution in [-0.4, -0.2) is 51.5 Å². The fourth-order valence-electron chi connectivity index (χ4n) is 3.10. The van der Waals surface area contributed by atoms with Gasteiger partial charge < -0.3 is 20.5 Å². The summed E-state index contributed by atoms with van der Waals surface area (Å²) in [5, 5.41) is 18.3. The van der Waals surface area contributed by atoms with Crippen molar-refractivity contribution in [2.45, 2.75) is 11.6 Å². The Labute approximate surface area is 101 Å². The van der Waals surface area contributed by atoms with E-state index in [0.29, 0.717) is 16.0 Å². The van der Waals surface area contributed by atoms with Crippen LogP contribution in [0, 0.1) is 5.92 Å². The molecule has 0 spiro atoms. The molecule has 7 heteroatoms. The molecule has 0 amide bonds. The first-order chi connectivity index (χ1) is 8.47. The number of aliphatic hydroxyl groups is 1. The van der Waals surface area contributed by atoms with Crippen molar-refractivity contribution < 1.29 is 29.2 Å². The second kappa shape index (κ2) is 3.12. The predicted molar refractivity (Wildman–Crippen MR) is 55.5 cm³/mol. The van der Waals surface area contributed by atoms with Gasteiger partial charge in [0.05, 0.1) is 6.61 Å². The Kier molecular flexibility index (Phi) is 1.95. The first-order valence-electron chi connectivity index (χ1n) is 5.37. The van der Waals surface area contributed by atoms with Gasteiger partial charge in [0.2, 0.25) is 11.5 Å². The zero-order chi connectivity index (χ0) is 13.2. The molecule has 0 aromatic carbocycles. The zero-order valence-electron chi connectivity index (χ0n) is 9.29. The van der Waals surface area contributed by atoms with E-state index < -0.39 is 35.9 Å². The van der Waals surface area contributed by atoms with Gasteiger partial charge in [-0.15, -0.1) is 0 Å². The molecule has 1 unspecified atom stereocenters. The average Bonchev–Trinajstić information content (AvgIpc) is 2.89. The van der Waals surface area contributed by atoms with Gasteiger partial charge in [-0.2, -0.15) is 0 Å². The van der Waals surface area contributed by atoms with Crippen LogP contribution in [0.5, 0.6) is 0 Å². The summed E-state index contributed by atoms with van der Waals surface area (Å²) in [6.07, 6.45) is -0.741. The van der Waals surface area contributed by atoms with Gasteiger partial charge in [-0.3, -0.25) is 14.3 Å². The van der Waals surface area contributed by atoms with E-state index in [0.717, 1.165) is 0 Å². The summed E-state index contributed by atoms with van der Waals surface area (Å²) < 4.78 is 5.99. The van der Waals surface area contributed by atoms with Crippen LogP contribution in [0.15, 0.2) is 23.4 Å². The van der Waals surface area contributed by atoms with Crippen molar-refractivity contribution in [2.24, 2.45) is 5.92 Å². The number of Topliss-reactive ketones (excluding diaryl/α,β-unsaturated/α-hetero) is 1. The molecule has 1 fully saturated rings. The topological polar surface area (TPSA) is 109 Å². The number of carboxylic acid groups (broad SMARTS) is 1. The first kappa shape index (κ1) is 11.2. The van der Waals surface area contributed by atoms with Gasteiger partial charge in [-0.1, -0.05) is 6.58 Å². The van der Waals surface area contributed by atoms with E-state index in [1.807, 2.05) is 0 Å². The standard InChI is InChI=1S/C11H10N2O5/c1-4(2-14)7(10(16)17)11-8(15)6-5(13(11)12)3-18-9(6)11/h7,9,14H,1-3H2,(H,16,17)/t7-,9-,11?/m0/s1. The number of carbonyl (C=O) groups is 2. The van der Waals surface area contributed by atoms with E-state index in [1.165, 1.54) is 0 Å². The molecule has 3 atom stereocenters. The average molecular weight is 250 g/mol. The molecule has 0 aromatic rings. The van der Waals surface area contributed by atoms with E-state index in [9.17, 15) is 20.2 Å². The number of hydrogen-bond acceptors (Lipinski definition) is 4. The van der Waals surface area contributed by atoms with Crippen LogP contribution in [0.1, 0.15) is 0 Å². The number of hydrogen-bond donors (Lipinski definition) is 2. The predicted octanol–water partition coefficient (Wildman–Crippen LogP) is -0.742. The molecular formula is C11H10N2O5. The van der Waals surface area contributed by atoms with Crippen LogP contribution in [0.25, 0.3) is 5.53 Å². The molecule has 18 heavy (non-hydrogen) atoms. The van der Waals surface area contributed by atoms with E-state index in [-0.39, 0.29) is 12.2 Å². The number of morpholine rings is 1. The van der Waals surface area contributed by atoms with Crippen LogP contribution in [0.3, 0.4) is 0 Å². The number of ether oxygens (including phenoxy) is 1. The molecule has 94 valence electrons. The van der Waals surface area contributed by atoms with Crippen molar-refractivity contribution in [1.29, 1.82) is 0 Å². The van der Waals surface area contributed by atoms with Crippen LogP contribution in [0.4, 0.5) is 0 Å². The second-order valence-corrected chi connectivity index (χ2v) is 4.61. The summed E-state index contributed by atoms with van der Waals surface area (Å²) in [7, 11) is 0. The number of aliphatic hydroxyl groups excluding tert-OH is 1. The Morgan fingerprint density at radius 1 is 1.72 bits per heavy atom. The summed E-state index contributed by atoms with van der Waals surface area (Å²) in [6.45, 7) is 2.99. The summed E-state index contributed by atoms with van der Waals surface area (Å²) in [4.78, 5) is 23.4. The Balaban J connectivity index is 2.12. The Bertz CT molecular complexity index is 564. The molecule has 4 aliphatic rings. The molecule has 0 saturated heterocycles. The number of carbonyl (C=O) groups excluding carboxylic acids is 1. The van der Waals surface area contributed by atoms with Crippen molar-refractivity contribution in [2.75, 3.05) is 13.2 Å². The largest absolute Gasteiger partial charge is 0.499 e. The van der Waals surface area contributed by atoms with Gasteiger partial charge in [-0.25, -0.2) is 0 Å². The highest BCUT2D eigenvalue weighted by Gasteiger charge is 2.82. The molecular weight excluding hydrogens is 240 g/mol. The van der Waals surface area contributed by atoms with Crippen LogP contribution >= 0.6 is 0 Å². The highest BCUT2D eigenvalue weighted by molar-refractivity contribution is 6.16. The van der Waals surface area contributed by atoms with Crippen molar-refractivity contribution in [3.05, 3.63) is 29.0 Å². The van der Waals surface area contributed by atoms with Gasteiger partial charge in [-0.05, 0) is 5.57 Å². The third kappa shape index (κ3) is 0.865. The Morgan fingerprint density at radius 3 is 2.83 bits per heavy atom. The maximum absolute atomic E-state index is 12.1. The monoisotopic (exact) mass is 250 g/mol. The number of ketones is 1. The van der Waals surface area contributed by atoms with Crippen molar-refractivity contribution >= 4 is 11.8 Å². The van der Waals surface area contributed by atoms with E-state index in [4.69, 9.17) is 9.84 Å². The molecule has 7 nitrogen and oxygen atoms in total. The third-order valence-electron chi connectivity index (χ3n) is 3.87. The lowest BCUT2D eigenvalue weighted by molar-refractivity contribution is -0.588. The van der Waals surface area contributed by atoms with E-state index in [2.05, 4.69) is 6.58 Å². The van der Waals surface area contributed by atoms with Crippen LogP contribution in [0.2, 0.25) is 0 Å². The van der Waals surface area contributed by atoms with Crippen molar-refractivity contribution in [3.8, 4) is 0 Å². The van der Waals surface area contributed by atoms with Gasteiger partial charge in [0.25, 0.3) is 5.54 Å². The molecule has 4 bridgehead atoms. The van der Waals surface area contributed by atoms with Crippen molar-refractivity contribution in [1.82, 2.24) is 0 Å². The highest BCUT2D eigenvalue weighted by Crippen LogP contribution is 2.57. The molecule has 2 N–H and O–H groups in total. The maximum Gasteiger partial charge on any atom is 0.318 e. The smallest absolute Gasteiger partial charge is 0.318 e. The quantitative estimate of drug-likeness (QED) is 0.504. The third-order valence-corrected chi connectivity index (χ3v) is 3.87. The molecule has 1 aliphatic carbocycles. The highest BCUT2D eigenvalue weighted by atomic mass is 16.5. The van der Waals surface area contributed by atoms with E-state index in [1.54, 1.807) is 0 Å². The molecule has 3 heterocycles. The normalized spacial score (nSPS) is 33.7. The summed E-state index contributed by atoms with van der Waals surface area (Å²) >= 11 is 0. The molecule has 3 aliphatic heterocycles. The molecule has 1 saturated carbocycles. The number of aliphatic carboxylic acids is 1. The lowest BCUT2D eigenvalue weighted by Crippen LogP contribution is -2.69. The maximum atomic E-state index is 12.1. The molecule has 4 rings (SSSR count). The van der Waals surface area contributed by atoms with E-state index >= 15 is 0 Å². The van der Waals surface area contributed by atoms with Gasteiger partial charge in [0.15, 0.2) is 12.0 Å². The number of nitrogens with zero attached hydrogens (tertiary/aromatic N) is 2. The second-order valence-electron chi connectivity index (χ2n) is 4.61. The SMILES string of the molecule is C=C(CO)[C@@H](C(=O)O)C12C(=O)C3=C(CO[C@@H]31)[N+]2=[N-]. The summed E-state index contributed by atoms with van der Waals surface area (Å²) in [5.41, 5.74) is 8.96. The van der Waals surface area contributed by atoms with Crippen LogP contribution < -0.4 is 0 Å². The minimum Gasteiger partial charge on any atom is -0.499 e. The van der Waals surface area contributed by atoms with Gasteiger partial charge >= 0.3 is 5.97 Å². The number of rotatable bonds is 4. The van der Waals surface area contributed by atoms with Gasteiger partial charge in [0.1, 0.15) is 12.2 Å². The fraction of sp³-hybridized carbons (Fsp3) is 0.455. The minimum absolute atomic E-state index is 0.0364. The lowest BCUT2D eigenvalue weighted by Gasteiger charge is -2.43. The van der Waals surface area contributed by atoms with Gasteiger partial charge in [0, 0.05) is 0 Å². The zero-order valence-corrected chi connectivity index (χ0v) is 9.29. The number of carboxylic acids is 1.